The van der Waals surface area contributed by atoms with Crippen LogP contribution in [0.4, 0.5) is 5.69 Å². The molecular formula is C16H13ClN4O4. The van der Waals surface area contributed by atoms with Gasteiger partial charge in [-0.1, -0.05) is 17.7 Å². The summed E-state index contributed by atoms with van der Waals surface area (Å²) in [6.45, 7) is 1.99. The van der Waals surface area contributed by atoms with E-state index in [4.69, 9.17) is 16.3 Å². The lowest BCUT2D eigenvalue weighted by molar-refractivity contribution is -0.385. The number of pyridine rings is 1. The third-order valence-corrected chi connectivity index (χ3v) is 3.67. The molecule has 2 aromatic heterocycles. The topological polar surface area (TPSA) is 100 Å². The molecule has 0 fully saturated rings. The Kier molecular flexibility index (Phi) is 4.62. The van der Waals surface area contributed by atoms with E-state index in [0.29, 0.717) is 5.02 Å². The van der Waals surface area contributed by atoms with E-state index in [1.54, 1.807) is 19.2 Å². The molecule has 3 aromatic rings. The van der Waals surface area contributed by atoms with Gasteiger partial charge < -0.3 is 4.74 Å². The highest BCUT2D eigenvalue weighted by Gasteiger charge is 2.26. The molecule has 8 nitrogen and oxygen atoms in total. The Labute approximate surface area is 147 Å². The molecule has 3 rings (SSSR count). The van der Waals surface area contributed by atoms with E-state index < -0.39 is 10.9 Å². The molecule has 1 aromatic carbocycles. The second kappa shape index (κ2) is 6.86. The molecule has 0 N–H and O–H groups in total. The van der Waals surface area contributed by atoms with Gasteiger partial charge in [0.05, 0.1) is 28.6 Å². The molecular weight excluding hydrogens is 348 g/mol. The third kappa shape index (κ3) is 3.58. The quantitative estimate of drug-likeness (QED) is 0.393. The zero-order valence-electron chi connectivity index (χ0n) is 13.2. The molecule has 0 spiro atoms. The average Bonchev–Trinajstić information content (AvgIpc) is 2.99. The van der Waals surface area contributed by atoms with Gasteiger partial charge in [-0.15, -0.1) is 0 Å². The first-order valence-corrected chi connectivity index (χ1v) is 7.79. The van der Waals surface area contributed by atoms with Gasteiger partial charge in [0.1, 0.15) is 6.20 Å². The SMILES string of the molecule is CCOC(=O)c1nn(Cc2ccc3ncc(Cl)cc3c2)cc1[N+](=O)[O-]. The van der Waals surface area contributed by atoms with Crippen molar-refractivity contribution in [3.05, 3.63) is 63.1 Å². The van der Waals surface area contributed by atoms with Crippen molar-refractivity contribution >= 4 is 34.2 Å². The molecule has 25 heavy (non-hydrogen) atoms. The number of benzene rings is 1. The van der Waals surface area contributed by atoms with E-state index >= 15 is 0 Å². The summed E-state index contributed by atoms with van der Waals surface area (Å²) >= 11 is 5.95. The van der Waals surface area contributed by atoms with Crippen LogP contribution in [0.1, 0.15) is 23.0 Å². The Morgan fingerprint density at radius 3 is 2.92 bits per heavy atom. The van der Waals surface area contributed by atoms with Crippen LogP contribution in [0.15, 0.2) is 36.7 Å². The van der Waals surface area contributed by atoms with Crippen LogP contribution >= 0.6 is 11.6 Å². The van der Waals surface area contributed by atoms with Gasteiger partial charge in [-0.05, 0) is 30.7 Å². The largest absolute Gasteiger partial charge is 0.461 e. The number of aromatic nitrogens is 3. The predicted octanol–water partition coefficient (Wildman–Crippen LogP) is 3.22. The first-order chi connectivity index (χ1) is 12.0. The lowest BCUT2D eigenvalue weighted by Crippen LogP contribution is -2.09. The third-order valence-electron chi connectivity index (χ3n) is 3.46. The zero-order chi connectivity index (χ0) is 18.0. The molecule has 0 radical (unpaired) electrons. The van der Waals surface area contributed by atoms with Crippen LogP contribution in [0.2, 0.25) is 5.02 Å². The van der Waals surface area contributed by atoms with Crippen molar-refractivity contribution in [1.29, 1.82) is 0 Å². The number of hydrogen-bond donors (Lipinski definition) is 0. The number of nitro groups is 1. The van der Waals surface area contributed by atoms with Gasteiger partial charge in [0.25, 0.3) is 0 Å². The molecule has 0 aliphatic rings. The summed E-state index contributed by atoms with van der Waals surface area (Å²) in [5.41, 5.74) is 0.928. The van der Waals surface area contributed by atoms with Crippen molar-refractivity contribution in [3.8, 4) is 0 Å². The maximum absolute atomic E-state index is 11.8. The number of esters is 1. The Morgan fingerprint density at radius 2 is 2.20 bits per heavy atom. The lowest BCUT2D eigenvalue weighted by Gasteiger charge is -2.04. The Bertz CT molecular complexity index is 970. The van der Waals surface area contributed by atoms with E-state index in [9.17, 15) is 14.9 Å². The highest BCUT2D eigenvalue weighted by atomic mass is 35.5. The van der Waals surface area contributed by atoms with Crippen molar-refractivity contribution < 1.29 is 14.5 Å². The molecule has 0 saturated heterocycles. The van der Waals surface area contributed by atoms with Crippen LogP contribution in [-0.2, 0) is 11.3 Å². The summed E-state index contributed by atoms with van der Waals surface area (Å²) < 4.78 is 6.15. The minimum atomic E-state index is -0.817. The van der Waals surface area contributed by atoms with E-state index in [2.05, 4.69) is 10.1 Å². The Hall–Kier alpha value is -3.00. The van der Waals surface area contributed by atoms with Gasteiger partial charge in [0.15, 0.2) is 0 Å². The van der Waals surface area contributed by atoms with Gasteiger partial charge >= 0.3 is 11.7 Å². The molecule has 0 amide bonds. The van der Waals surface area contributed by atoms with Crippen LogP contribution in [0.5, 0.6) is 0 Å². The van der Waals surface area contributed by atoms with Crippen molar-refractivity contribution in [1.82, 2.24) is 14.8 Å². The first-order valence-electron chi connectivity index (χ1n) is 7.41. The summed E-state index contributed by atoms with van der Waals surface area (Å²) in [5.74, 6) is -0.817. The maximum Gasteiger partial charge on any atom is 0.366 e. The van der Waals surface area contributed by atoms with Crippen molar-refractivity contribution in [3.63, 3.8) is 0 Å². The van der Waals surface area contributed by atoms with Gasteiger partial charge in [0, 0.05) is 11.6 Å². The van der Waals surface area contributed by atoms with E-state index in [-0.39, 0.29) is 24.5 Å². The first kappa shape index (κ1) is 16.8. The molecule has 2 heterocycles. The van der Waals surface area contributed by atoms with Gasteiger partial charge in [0.2, 0.25) is 5.69 Å². The highest BCUT2D eigenvalue weighted by Crippen LogP contribution is 2.21. The Morgan fingerprint density at radius 1 is 1.40 bits per heavy atom. The molecule has 0 atom stereocenters. The second-order valence-corrected chi connectivity index (χ2v) is 5.66. The number of rotatable bonds is 5. The molecule has 0 bridgehead atoms. The summed E-state index contributed by atoms with van der Waals surface area (Å²) in [6.07, 6.45) is 2.78. The fourth-order valence-electron chi connectivity index (χ4n) is 2.41. The Balaban J connectivity index is 1.93. The second-order valence-electron chi connectivity index (χ2n) is 5.22. The zero-order valence-corrected chi connectivity index (χ0v) is 13.9. The minimum Gasteiger partial charge on any atom is -0.461 e. The fourth-order valence-corrected chi connectivity index (χ4v) is 2.58. The maximum atomic E-state index is 11.8. The smallest absolute Gasteiger partial charge is 0.366 e. The van der Waals surface area contributed by atoms with Crippen molar-refractivity contribution in [2.75, 3.05) is 6.61 Å². The predicted molar refractivity (Wildman–Crippen MR) is 90.7 cm³/mol. The summed E-state index contributed by atoms with van der Waals surface area (Å²) in [4.78, 5) is 26.5. The van der Waals surface area contributed by atoms with E-state index in [1.807, 2.05) is 18.2 Å². The molecule has 0 aliphatic heterocycles. The monoisotopic (exact) mass is 360 g/mol. The van der Waals surface area contributed by atoms with Gasteiger partial charge in [-0.2, -0.15) is 5.10 Å². The molecule has 9 heteroatoms. The van der Waals surface area contributed by atoms with E-state index in [1.165, 1.54) is 10.9 Å². The average molecular weight is 361 g/mol. The lowest BCUT2D eigenvalue weighted by atomic mass is 10.1. The number of fused-ring (bicyclic) bond motifs is 1. The van der Waals surface area contributed by atoms with Crippen molar-refractivity contribution in [2.24, 2.45) is 0 Å². The summed E-state index contributed by atoms with van der Waals surface area (Å²) in [6, 6.07) is 7.31. The molecule has 0 saturated carbocycles. The highest BCUT2D eigenvalue weighted by molar-refractivity contribution is 6.31. The van der Waals surface area contributed by atoms with Crippen molar-refractivity contribution in [2.45, 2.75) is 13.5 Å². The number of carbonyl (C=O) groups is 1. The summed E-state index contributed by atoms with van der Waals surface area (Å²) in [7, 11) is 0. The standard InChI is InChI=1S/C16H13ClN4O4/c1-2-25-16(22)15-14(21(23)24)9-20(19-15)8-10-3-4-13-11(5-10)6-12(17)7-18-13/h3-7,9H,2,8H2,1H3. The molecule has 128 valence electrons. The molecule has 0 unspecified atom stereocenters. The van der Waals surface area contributed by atoms with Crippen LogP contribution in [0.25, 0.3) is 10.9 Å². The minimum absolute atomic E-state index is 0.112. The number of hydrogen-bond acceptors (Lipinski definition) is 6. The van der Waals surface area contributed by atoms with Crippen LogP contribution < -0.4 is 0 Å². The number of ether oxygens (including phenoxy) is 1. The number of nitrogens with zero attached hydrogens (tertiary/aromatic N) is 4. The fraction of sp³-hybridized carbons (Fsp3) is 0.188. The molecule has 0 aliphatic carbocycles. The van der Waals surface area contributed by atoms with Crippen LogP contribution in [-0.4, -0.2) is 32.3 Å². The van der Waals surface area contributed by atoms with Gasteiger partial charge in [-0.3, -0.25) is 19.8 Å². The number of carbonyl (C=O) groups excluding carboxylic acids is 1. The normalized spacial score (nSPS) is 10.8. The van der Waals surface area contributed by atoms with Crippen LogP contribution in [0.3, 0.4) is 0 Å². The number of halogens is 1. The van der Waals surface area contributed by atoms with Crippen LogP contribution in [0, 0.1) is 10.1 Å². The van der Waals surface area contributed by atoms with E-state index in [0.717, 1.165) is 16.5 Å². The van der Waals surface area contributed by atoms with Gasteiger partial charge in [-0.25, -0.2) is 4.79 Å². The summed E-state index contributed by atoms with van der Waals surface area (Å²) in [5, 5.41) is 16.5.